The molecule has 0 amide bonds. The molecule has 0 spiro atoms. The molecule has 3 nitrogen and oxygen atoms in total. The van der Waals surface area contributed by atoms with Crippen molar-refractivity contribution in [2.45, 2.75) is 45.1 Å². The molecule has 0 bridgehead atoms. The Kier molecular flexibility index (Phi) is 5.93. The van der Waals surface area contributed by atoms with Crippen molar-refractivity contribution in [3.05, 3.63) is 0 Å². The molecule has 2 fully saturated rings. The number of hydrogen-bond donors (Lipinski definition) is 1. The molecule has 0 aromatic rings. The zero-order valence-corrected chi connectivity index (χ0v) is 12.3. The zero-order chi connectivity index (χ0) is 12.8. The van der Waals surface area contributed by atoms with Gasteiger partial charge in [-0.15, -0.1) is 0 Å². The summed E-state index contributed by atoms with van der Waals surface area (Å²) in [6.45, 7) is 9.90. The Morgan fingerprint density at radius 2 is 1.78 bits per heavy atom. The summed E-state index contributed by atoms with van der Waals surface area (Å²) >= 11 is 0. The summed E-state index contributed by atoms with van der Waals surface area (Å²) in [7, 11) is 2.34. The molecule has 0 radical (unpaired) electrons. The van der Waals surface area contributed by atoms with E-state index in [4.69, 9.17) is 0 Å². The third kappa shape index (κ3) is 4.22. The van der Waals surface area contributed by atoms with Crippen molar-refractivity contribution >= 4 is 0 Å². The molecule has 18 heavy (non-hydrogen) atoms. The van der Waals surface area contributed by atoms with Crippen LogP contribution in [0.25, 0.3) is 0 Å². The second-order valence-corrected chi connectivity index (χ2v) is 6.13. The summed E-state index contributed by atoms with van der Waals surface area (Å²) < 4.78 is 0. The van der Waals surface area contributed by atoms with Gasteiger partial charge in [-0.1, -0.05) is 6.92 Å². The summed E-state index contributed by atoms with van der Waals surface area (Å²) in [4.78, 5) is 5.21. The Morgan fingerprint density at radius 3 is 2.39 bits per heavy atom. The molecule has 0 atom stereocenters. The summed E-state index contributed by atoms with van der Waals surface area (Å²) in [5.41, 5.74) is 0. The van der Waals surface area contributed by atoms with Crippen LogP contribution in [-0.2, 0) is 0 Å². The lowest BCUT2D eigenvalue weighted by molar-refractivity contribution is 0.124. The quantitative estimate of drug-likeness (QED) is 0.806. The summed E-state index contributed by atoms with van der Waals surface area (Å²) in [6, 6.07) is 0.842. The lowest BCUT2D eigenvalue weighted by atomic mass is 9.94. The van der Waals surface area contributed by atoms with E-state index in [1.54, 1.807) is 0 Å². The fourth-order valence-corrected chi connectivity index (χ4v) is 3.42. The van der Waals surface area contributed by atoms with Crippen LogP contribution in [0.4, 0.5) is 0 Å². The second-order valence-electron chi connectivity index (χ2n) is 6.13. The fourth-order valence-electron chi connectivity index (χ4n) is 3.42. The highest BCUT2D eigenvalue weighted by molar-refractivity contribution is 4.79. The van der Waals surface area contributed by atoms with Crippen LogP contribution in [0.5, 0.6) is 0 Å². The standard InChI is InChI=1S/C15H31N3/c1-3-18-12-7-15(8-13-18)17(2)11-6-14-4-9-16-10-5-14/h14-16H,3-13H2,1-2H3. The van der Waals surface area contributed by atoms with Crippen molar-refractivity contribution in [3.8, 4) is 0 Å². The van der Waals surface area contributed by atoms with Crippen molar-refractivity contribution in [2.24, 2.45) is 5.92 Å². The zero-order valence-electron chi connectivity index (χ0n) is 12.3. The fraction of sp³-hybridized carbons (Fsp3) is 1.00. The highest BCUT2D eigenvalue weighted by Gasteiger charge is 2.22. The molecular formula is C15H31N3. The van der Waals surface area contributed by atoms with Crippen LogP contribution in [0.15, 0.2) is 0 Å². The third-order valence-electron chi connectivity index (χ3n) is 4.98. The predicted octanol–water partition coefficient (Wildman–Crippen LogP) is 1.79. The smallest absolute Gasteiger partial charge is 0.0117 e. The van der Waals surface area contributed by atoms with Gasteiger partial charge < -0.3 is 15.1 Å². The molecule has 0 aromatic carbocycles. The van der Waals surface area contributed by atoms with Gasteiger partial charge in [-0.25, -0.2) is 0 Å². The van der Waals surface area contributed by atoms with Gasteiger partial charge in [0.1, 0.15) is 0 Å². The first kappa shape index (κ1) is 14.3. The van der Waals surface area contributed by atoms with Crippen molar-refractivity contribution in [1.29, 1.82) is 0 Å². The van der Waals surface area contributed by atoms with Gasteiger partial charge in [-0.2, -0.15) is 0 Å². The second kappa shape index (κ2) is 7.46. The van der Waals surface area contributed by atoms with Crippen molar-refractivity contribution in [1.82, 2.24) is 15.1 Å². The van der Waals surface area contributed by atoms with Crippen molar-refractivity contribution < 1.29 is 0 Å². The van der Waals surface area contributed by atoms with Gasteiger partial charge in [0.2, 0.25) is 0 Å². The average molecular weight is 253 g/mol. The molecule has 0 aromatic heterocycles. The van der Waals surface area contributed by atoms with Crippen LogP contribution < -0.4 is 5.32 Å². The lowest BCUT2D eigenvalue weighted by Crippen LogP contribution is -2.44. The van der Waals surface area contributed by atoms with E-state index in [1.807, 2.05) is 0 Å². The molecule has 2 rings (SSSR count). The molecule has 1 N–H and O–H groups in total. The van der Waals surface area contributed by atoms with Gasteiger partial charge >= 0.3 is 0 Å². The molecule has 2 aliphatic rings. The molecule has 2 aliphatic heterocycles. The van der Waals surface area contributed by atoms with Crippen LogP contribution in [0.3, 0.4) is 0 Å². The van der Waals surface area contributed by atoms with Crippen LogP contribution in [-0.4, -0.2) is 62.2 Å². The molecule has 0 unspecified atom stereocenters. The highest BCUT2D eigenvalue weighted by atomic mass is 15.2. The lowest BCUT2D eigenvalue weighted by Gasteiger charge is -2.37. The van der Waals surface area contributed by atoms with Gasteiger partial charge in [-0.05, 0) is 84.3 Å². The minimum Gasteiger partial charge on any atom is -0.317 e. The Hall–Kier alpha value is -0.120. The number of nitrogens with zero attached hydrogens (tertiary/aromatic N) is 2. The minimum atomic E-state index is 0.842. The summed E-state index contributed by atoms with van der Waals surface area (Å²) in [5.74, 6) is 0.976. The molecule has 3 heteroatoms. The van der Waals surface area contributed by atoms with E-state index in [-0.39, 0.29) is 0 Å². The Labute approximate surface area is 113 Å². The van der Waals surface area contributed by atoms with Gasteiger partial charge in [0.05, 0.1) is 0 Å². The van der Waals surface area contributed by atoms with Crippen molar-refractivity contribution in [2.75, 3.05) is 46.3 Å². The normalized spacial score (nSPS) is 24.8. The third-order valence-corrected chi connectivity index (χ3v) is 4.98. The predicted molar refractivity (Wildman–Crippen MR) is 78.0 cm³/mol. The molecule has 0 aliphatic carbocycles. The van der Waals surface area contributed by atoms with Gasteiger partial charge in [-0.3, -0.25) is 0 Å². The molecule has 0 saturated carbocycles. The topological polar surface area (TPSA) is 18.5 Å². The van der Waals surface area contributed by atoms with Gasteiger partial charge in [0.15, 0.2) is 0 Å². The van der Waals surface area contributed by atoms with Crippen LogP contribution >= 0.6 is 0 Å². The van der Waals surface area contributed by atoms with Gasteiger partial charge in [0.25, 0.3) is 0 Å². The minimum absolute atomic E-state index is 0.842. The van der Waals surface area contributed by atoms with E-state index in [1.165, 1.54) is 71.4 Å². The average Bonchev–Trinajstić information content (AvgIpc) is 2.46. The number of hydrogen-bond acceptors (Lipinski definition) is 3. The first-order chi connectivity index (χ1) is 8.79. The highest BCUT2D eigenvalue weighted by Crippen LogP contribution is 2.19. The molecular weight excluding hydrogens is 222 g/mol. The largest absolute Gasteiger partial charge is 0.317 e. The first-order valence-electron chi connectivity index (χ1n) is 7.93. The number of piperidine rings is 2. The van der Waals surface area contributed by atoms with E-state index < -0.39 is 0 Å². The first-order valence-corrected chi connectivity index (χ1v) is 7.93. The van der Waals surface area contributed by atoms with E-state index in [2.05, 4.69) is 29.1 Å². The molecule has 2 saturated heterocycles. The molecule has 2 heterocycles. The van der Waals surface area contributed by atoms with Crippen LogP contribution in [0, 0.1) is 5.92 Å². The summed E-state index contributed by atoms with van der Waals surface area (Å²) in [6.07, 6.45) is 6.93. The maximum atomic E-state index is 3.46. The van der Waals surface area contributed by atoms with E-state index in [0.29, 0.717) is 0 Å². The van der Waals surface area contributed by atoms with Gasteiger partial charge in [0, 0.05) is 6.04 Å². The Balaban J connectivity index is 1.63. The Morgan fingerprint density at radius 1 is 1.11 bits per heavy atom. The number of likely N-dealkylation sites (tertiary alicyclic amines) is 1. The SMILES string of the molecule is CCN1CCC(N(C)CCC2CCNCC2)CC1. The van der Waals surface area contributed by atoms with Crippen LogP contribution in [0.2, 0.25) is 0 Å². The number of nitrogens with one attached hydrogen (secondary N) is 1. The maximum absolute atomic E-state index is 3.46. The van der Waals surface area contributed by atoms with E-state index >= 15 is 0 Å². The monoisotopic (exact) mass is 253 g/mol. The number of rotatable bonds is 5. The van der Waals surface area contributed by atoms with Crippen LogP contribution in [0.1, 0.15) is 39.0 Å². The summed E-state index contributed by atoms with van der Waals surface area (Å²) in [5, 5.41) is 3.46. The maximum Gasteiger partial charge on any atom is 0.0117 e. The molecule has 106 valence electrons. The van der Waals surface area contributed by atoms with E-state index in [0.717, 1.165) is 12.0 Å². The Bertz CT molecular complexity index is 218. The van der Waals surface area contributed by atoms with E-state index in [9.17, 15) is 0 Å². The van der Waals surface area contributed by atoms with Crippen molar-refractivity contribution in [3.63, 3.8) is 0 Å².